The van der Waals surface area contributed by atoms with Crippen molar-refractivity contribution in [1.29, 1.82) is 0 Å². The summed E-state index contributed by atoms with van der Waals surface area (Å²) in [4.78, 5) is 0. The van der Waals surface area contributed by atoms with Gasteiger partial charge >= 0.3 is 6.18 Å². The summed E-state index contributed by atoms with van der Waals surface area (Å²) < 4.78 is 60.5. The molecule has 0 aliphatic heterocycles. The second-order valence-electron chi connectivity index (χ2n) is 3.85. The minimum atomic E-state index is -4.49. The van der Waals surface area contributed by atoms with Crippen LogP contribution < -0.4 is 5.73 Å². The third-order valence-corrected chi connectivity index (χ3v) is 4.20. The van der Waals surface area contributed by atoms with Gasteiger partial charge in [-0.3, -0.25) is 0 Å². The zero-order valence-corrected chi connectivity index (χ0v) is 9.52. The van der Waals surface area contributed by atoms with E-state index in [2.05, 4.69) is 0 Å². The Kier molecular flexibility index (Phi) is 4.19. The first-order valence-electron chi connectivity index (χ1n) is 5.02. The molecule has 96 valence electrons. The topological polar surface area (TPSA) is 63.4 Å². The van der Waals surface area contributed by atoms with Crippen molar-refractivity contribution in [2.75, 3.05) is 18.8 Å². The van der Waals surface area contributed by atoms with E-state index in [1.165, 1.54) is 0 Å². The lowest BCUT2D eigenvalue weighted by Crippen LogP contribution is -2.41. The SMILES string of the molecule is NCCCS(=O)(=O)N(CC(F)(F)F)C1CC1. The van der Waals surface area contributed by atoms with E-state index >= 15 is 0 Å². The Bertz CT molecular complexity index is 325. The van der Waals surface area contributed by atoms with E-state index < -0.39 is 28.8 Å². The summed E-state index contributed by atoms with van der Waals surface area (Å²) in [6.07, 6.45) is -3.28. The van der Waals surface area contributed by atoms with Crippen molar-refractivity contribution in [2.45, 2.75) is 31.5 Å². The molecule has 0 spiro atoms. The Morgan fingerprint density at radius 1 is 1.31 bits per heavy atom. The predicted molar refractivity (Wildman–Crippen MR) is 53.2 cm³/mol. The number of sulfonamides is 1. The van der Waals surface area contributed by atoms with Gasteiger partial charge in [-0.2, -0.15) is 17.5 Å². The van der Waals surface area contributed by atoms with Gasteiger partial charge in [-0.25, -0.2) is 8.42 Å². The minimum absolute atomic E-state index is 0.157. The molecule has 0 radical (unpaired) electrons. The fourth-order valence-electron chi connectivity index (χ4n) is 1.38. The monoisotopic (exact) mass is 260 g/mol. The zero-order valence-electron chi connectivity index (χ0n) is 8.70. The smallest absolute Gasteiger partial charge is 0.330 e. The number of rotatable bonds is 6. The zero-order chi connectivity index (χ0) is 12.4. The van der Waals surface area contributed by atoms with Crippen molar-refractivity contribution in [3.63, 3.8) is 0 Å². The highest BCUT2D eigenvalue weighted by Crippen LogP contribution is 2.32. The van der Waals surface area contributed by atoms with Crippen LogP contribution in [-0.2, 0) is 10.0 Å². The molecule has 0 heterocycles. The van der Waals surface area contributed by atoms with E-state index in [1.54, 1.807) is 0 Å². The van der Waals surface area contributed by atoms with Gasteiger partial charge in [0.2, 0.25) is 10.0 Å². The molecule has 16 heavy (non-hydrogen) atoms. The summed E-state index contributed by atoms with van der Waals surface area (Å²) in [6.45, 7) is -1.23. The van der Waals surface area contributed by atoms with E-state index in [0.29, 0.717) is 17.1 Å². The third kappa shape index (κ3) is 4.26. The highest BCUT2D eigenvalue weighted by atomic mass is 32.2. The molecule has 1 aliphatic carbocycles. The molecule has 1 fully saturated rings. The molecule has 4 nitrogen and oxygen atoms in total. The summed E-state index contributed by atoms with van der Waals surface area (Å²) in [5.74, 6) is -0.309. The van der Waals surface area contributed by atoms with Crippen LogP contribution >= 0.6 is 0 Å². The molecule has 0 atom stereocenters. The Morgan fingerprint density at radius 2 is 1.88 bits per heavy atom. The van der Waals surface area contributed by atoms with E-state index in [9.17, 15) is 21.6 Å². The van der Waals surface area contributed by atoms with Crippen LogP contribution in [0.4, 0.5) is 13.2 Å². The predicted octanol–water partition coefficient (Wildman–Crippen LogP) is 0.692. The molecule has 0 amide bonds. The number of nitrogens with two attached hydrogens (primary N) is 1. The minimum Gasteiger partial charge on any atom is -0.330 e. The van der Waals surface area contributed by atoms with Gasteiger partial charge in [-0.05, 0) is 25.8 Å². The van der Waals surface area contributed by atoms with Gasteiger partial charge in [0.05, 0.1) is 5.75 Å². The number of hydrogen-bond donors (Lipinski definition) is 1. The lowest BCUT2D eigenvalue weighted by Gasteiger charge is -2.22. The van der Waals surface area contributed by atoms with Crippen LogP contribution in [0.5, 0.6) is 0 Å². The van der Waals surface area contributed by atoms with Gasteiger partial charge in [-0.1, -0.05) is 0 Å². The third-order valence-electron chi connectivity index (χ3n) is 2.25. The van der Waals surface area contributed by atoms with Crippen molar-refractivity contribution in [3.05, 3.63) is 0 Å². The van der Waals surface area contributed by atoms with Gasteiger partial charge < -0.3 is 5.73 Å². The first kappa shape index (κ1) is 13.7. The fourth-order valence-corrected chi connectivity index (χ4v) is 3.15. The van der Waals surface area contributed by atoms with Crippen molar-refractivity contribution < 1.29 is 21.6 Å². The van der Waals surface area contributed by atoms with Crippen molar-refractivity contribution in [1.82, 2.24) is 4.31 Å². The second kappa shape index (κ2) is 4.89. The summed E-state index contributed by atoms with van der Waals surface area (Å²) >= 11 is 0. The van der Waals surface area contributed by atoms with Crippen molar-refractivity contribution in [3.8, 4) is 0 Å². The first-order chi connectivity index (χ1) is 7.26. The number of halogens is 3. The van der Waals surface area contributed by atoms with Gasteiger partial charge in [0.15, 0.2) is 0 Å². The Labute approximate surface area is 92.6 Å². The van der Waals surface area contributed by atoms with Gasteiger partial charge in [0, 0.05) is 6.04 Å². The molecule has 0 aromatic carbocycles. The maximum Gasteiger partial charge on any atom is 0.402 e. The van der Waals surface area contributed by atoms with Crippen LogP contribution in [0.2, 0.25) is 0 Å². The second-order valence-corrected chi connectivity index (χ2v) is 5.89. The summed E-state index contributed by atoms with van der Waals surface area (Å²) in [5.41, 5.74) is 5.15. The summed E-state index contributed by atoms with van der Waals surface area (Å²) in [6, 6.07) is -0.468. The largest absolute Gasteiger partial charge is 0.402 e. The molecule has 0 aromatic heterocycles. The van der Waals surface area contributed by atoms with Gasteiger partial charge in [-0.15, -0.1) is 0 Å². The highest BCUT2D eigenvalue weighted by Gasteiger charge is 2.43. The van der Waals surface area contributed by atoms with Crippen LogP contribution in [0, 0.1) is 0 Å². The van der Waals surface area contributed by atoms with Crippen molar-refractivity contribution in [2.24, 2.45) is 5.73 Å². The highest BCUT2D eigenvalue weighted by molar-refractivity contribution is 7.89. The van der Waals surface area contributed by atoms with Crippen LogP contribution in [0.25, 0.3) is 0 Å². The van der Waals surface area contributed by atoms with Gasteiger partial charge in [0.25, 0.3) is 0 Å². The number of hydrogen-bond acceptors (Lipinski definition) is 3. The maximum atomic E-state index is 12.2. The van der Waals surface area contributed by atoms with Crippen LogP contribution in [0.1, 0.15) is 19.3 Å². The molecule has 0 aromatic rings. The van der Waals surface area contributed by atoms with Crippen LogP contribution in [0.15, 0.2) is 0 Å². The lowest BCUT2D eigenvalue weighted by molar-refractivity contribution is -0.136. The average molecular weight is 260 g/mol. The van der Waals surface area contributed by atoms with Crippen molar-refractivity contribution >= 4 is 10.0 Å². The van der Waals surface area contributed by atoms with E-state index in [0.717, 1.165) is 0 Å². The normalized spacial score (nSPS) is 18.1. The standard InChI is InChI=1S/C8H15F3N2O2S/c9-8(10,11)6-13(7-2-3-7)16(14,15)5-1-4-12/h7H,1-6,12H2. The van der Waals surface area contributed by atoms with Gasteiger partial charge in [0.1, 0.15) is 6.54 Å². The Morgan fingerprint density at radius 3 is 2.25 bits per heavy atom. The molecular weight excluding hydrogens is 245 g/mol. The van der Waals surface area contributed by atoms with E-state index in [4.69, 9.17) is 5.73 Å². The quantitative estimate of drug-likeness (QED) is 0.764. The maximum absolute atomic E-state index is 12.2. The molecule has 1 rings (SSSR count). The van der Waals surface area contributed by atoms with E-state index in [1.807, 2.05) is 0 Å². The van der Waals surface area contributed by atoms with E-state index in [-0.39, 0.29) is 18.7 Å². The molecule has 8 heteroatoms. The number of alkyl halides is 3. The number of nitrogens with zero attached hydrogens (tertiary/aromatic N) is 1. The summed E-state index contributed by atoms with van der Waals surface area (Å²) in [7, 11) is -3.82. The molecular formula is C8H15F3N2O2S. The molecule has 1 saturated carbocycles. The lowest BCUT2D eigenvalue weighted by atomic mass is 10.5. The first-order valence-corrected chi connectivity index (χ1v) is 6.63. The molecule has 0 saturated heterocycles. The van der Waals surface area contributed by atoms with Crippen LogP contribution in [-0.4, -0.2) is 43.8 Å². The Balaban J connectivity index is 2.69. The molecule has 1 aliphatic rings. The van der Waals surface area contributed by atoms with Crippen LogP contribution in [0.3, 0.4) is 0 Å². The molecule has 0 bridgehead atoms. The fraction of sp³-hybridized carbons (Fsp3) is 1.00. The summed E-state index contributed by atoms with van der Waals surface area (Å²) in [5, 5.41) is 0. The molecule has 0 unspecified atom stereocenters. The average Bonchev–Trinajstić information content (AvgIpc) is 2.92. The Hall–Kier alpha value is -0.340. The molecule has 2 N–H and O–H groups in total.